The number of hydrogen-bond donors (Lipinski definition) is 2. The van der Waals surface area contributed by atoms with E-state index in [2.05, 4.69) is 29.9 Å². The number of nitrogens with zero attached hydrogens (tertiary/aromatic N) is 8. The van der Waals surface area contributed by atoms with Gasteiger partial charge in [0.2, 0.25) is 16.9 Å². The molecule has 0 atom stereocenters. The first-order valence-electron chi connectivity index (χ1n) is 20.3. The van der Waals surface area contributed by atoms with Crippen LogP contribution in [0.15, 0.2) is 99.7 Å². The largest absolute Gasteiger partial charge is 0.380 e. The first-order valence-corrected chi connectivity index (χ1v) is 25.0. The summed E-state index contributed by atoms with van der Waals surface area (Å²) in [5.41, 5.74) is 2.52. The van der Waals surface area contributed by atoms with Crippen LogP contribution in [-0.2, 0) is 58.5 Å². The van der Waals surface area contributed by atoms with Gasteiger partial charge in [-0.05, 0) is 42.9 Å². The molecule has 3 saturated heterocycles. The van der Waals surface area contributed by atoms with E-state index >= 15 is 0 Å². The number of carbonyl (C=O) groups is 2. The van der Waals surface area contributed by atoms with Crippen LogP contribution in [-0.4, -0.2) is 149 Å². The normalized spacial score (nSPS) is 16.5. The topological polar surface area (TPSA) is 200 Å². The van der Waals surface area contributed by atoms with Gasteiger partial charge in [-0.3, -0.25) is 19.3 Å². The molecule has 0 unspecified atom stereocenters. The van der Waals surface area contributed by atoms with E-state index in [1.807, 2.05) is 24.2 Å². The Morgan fingerprint density at radius 3 is 1.97 bits per heavy atom. The predicted octanol–water partition coefficient (Wildman–Crippen LogP) is 3.25. The number of rotatable bonds is 14. The van der Waals surface area contributed by atoms with E-state index < -0.39 is 20.0 Å². The maximum absolute atomic E-state index is 13.5. The Morgan fingerprint density at radius 2 is 1.33 bits per heavy atom. The minimum atomic E-state index is -3.88. The Kier molecular flexibility index (Phi) is 15.7. The molecule has 0 aliphatic carbocycles. The molecule has 3 fully saturated rings. The van der Waals surface area contributed by atoms with Crippen LogP contribution in [0.4, 0.5) is 16.0 Å². The molecule has 0 spiro atoms. The van der Waals surface area contributed by atoms with Crippen molar-refractivity contribution >= 4 is 70.5 Å². The summed E-state index contributed by atoms with van der Waals surface area (Å²) in [5.74, 6) is -0.0600. The third-order valence-corrected chi connectivity index (χ3v) is 15.3. The van der Waals surface area contributed by atoms with Crippen molar-refractivity contribution in [3.63, 3.8) is 0 Å². The van der Waals surface area contributed by atoms with Crippen molar-refractivity contribution in [2.75, 3.05) is 100 Å². The lowest BCUT2D eigenvalue weighted by Crippen LogP contribution is -2.55. The minimum Gasteiger partial charge on any atom is -0.380 e. The number of morpholine rings is 2. The summed E-state index contributed by atoms with van der Waals surface area (Å²) in [4.78, 5) is 43.9. The molecule has 2 amide bonds. The molecule has 63 heavy (non-hydrogen) atoms. The van der Waals surface area contributed by atoms with Crippen LogP contribution in [0, 0.1) is 0 Å². The fraction of sp³-hybridized carbons (Fsp3) is 0.390. The lowest BCUT2D eigenvalue weighted by Gasteiger charge is -2.38. The molecule has 6 heterocycles. The molecule has 2 N–H and O–H groups in total. The number of benzene rings is 2. The van der Waals surface area contributed by atoms with Gasteiger partial charge in [-0.15, -0.1) is 22.7 Å². The number of para-hydroxylation sites is 1. The maximum atomic E-state index is 13.5. The Hall–Kier alpha value is -5.07. The SMILES string of the molecule is CN1CCN(N(c2nc(CC(=O)N3CCOCC3)cs2)S(=O)(=O)c2ccccc2)CC1.O=C(Cc1csc(NS(=O)(=O)c2ccccc2NCc2cccnc2)n1)N1CCOCC1. The molecule has 0 saturated carbocycles. The number of amides is 2. The predicted molar refractivity (Wildman–Crippen MR) is 240 cm³/mol. The molecule has 18 nitrogen and oxygen atoms in total. The summed E-state index contributed by atoms with van der Waals surface area (Å²) < 4.78 is 67.5. The fourth-order valence-electron chi connectivity index (χ4n) is 6.82. The lowest BCUT2D eigenvalue weighted by molar-refractivity contribution is -0.135. The lowest BCUT2D eigenvalue weighted by atomic mass is 10.2. The van der Waals surface area contributed by atoms with E-state index in [-0.39, 0.29) is 39.6 Å². The van der Waals surface area contributed by atoms with Gasteiger partial charge in [-0.1, -0.05) is 36.4 Å². The molecule has 0 bridgehead atoms. The van der Waals surface area contributed by atoms with E-state index in [9.17, 15) is 26.4 Å². The van der Waals surface area contributed by atoms with Crippen molar-refractivity contribution in [2.24, 2.45) is 0 Å². The number of pyridine rings is 1. The third kappa shape index (κ3) is 12.4. The Labute approximate surface area is 375 Å². The number of aromatic nitrogens is 3. The summed E-state index contributed by atoms with van der Waals surface area (Å²) in [5, 5.41) is 9.03. The highest BCUT2D eigenvalue weighted by Gasteiger charge is 2.34. The monoisotopic (exact) mass is 938 g/mol. The number of hydrazine groups is 1. The minimum absolute atomic E-state index is 0.0165. The Bertz CT molecular complexity index is 2490. The van der Waals surface area contributed by atoms with Crippen molar-refractivity contribution in [3.8, 4) is 0 Å². The molecule has 3 aliphatic rings. The molecular formula is C41H50N10O8S4. The van der Waals surface area contributed by atoms with Gasteiger partial charge in [0.1, 0.15) is 4.90 Å². The van der Waals surface area contributed by atoms with E-state index in [0.717, 1.165) is 30.0 Å². The second kappa shape index (κ2) is 21.5. The number of nitrogens with one attached hydrogen (secondary N) is 2. The third-order valence-electron chi connectivity index (χ3n) is 10.3. The van der Waals surface area contributed by atoms with Crippen LogP contribution in [0.2, 0.25) is 0 Å². The van der Waals surface area contributed by atoms with Crippen molar-refractivity contribution in [1.82, 2.24) is 34.7 Å². The van der Waals surface area contributed by atoms with Gasteiger partial charge in [0.25, 0.3) is 20.0 Å². The highest BCUT2D eigenvalue weighted by Crippen LogP contribution is 2.30. The number of sulfonamides is 2. The number of thiazole rings is 2. The van der Waals surface area contributed by atoms with Crippen LogP contribution in [0.5, 0.6) is 0 Å². The van der Waals surface area contributed by atoms with Crippen LogP contribution in [0.3, 0.4) is 0 Å². The van der Waals surface area contributed by atoms with Gasteiger partial charge in [0.05, 0.1) is 61.2 Å². The number of carbonyl (C=O) groups excluding carboxylic acids is 2. The maximum Gasteiger partial charge on any atom is 0.280 e. The Morgan fingerprint density at radius 1 is 0.730 bits per heavy atom. The average Bonchev–Trinajstić information content (AvgIpc) is 3.96. The fourth-order valence-corrected chi connectivity index (χ4v) is 11.6. The molecule has 5 aromatic rings. The zero-order valence-electron chi connectivity index (χ0n) is 34.7. The first kappa shape index (κ1) is 45.9. The Balaban J connectivity index is 0.000000189. The average molecular weight is 939 g/mol. The number of ether oxygens (including phenoxy) is 2. The van der Waals surface area contributed by atoms with Gasteiger partial charge < -0.3 is 29.5 Å². The summed E-state index contributed by atoms with van der Waals surface area (Å²) in [6.45, 7) is 7.52. The van der Waals surface area contributed by atoms with E-state index in [1.165, 1.54) is 21.8 Å². The highest BCUT2D eigenvalue weighted by molar-refractivity contribution is 7.93. The number of hydrogen-bond acceptors (Lipinski definition) is 16. The van der Waals surface area contributed by atoms with Gasteiger partial charge >= 0.3 is 0 Å². The van der Waals surface area contributed by atoms with Gasteiger partial charge in [-0.25, -0.2) is 23.4 Å². The second-order valence-corrected chi connectivity index (χ2v) is 19.9. The van der Waals surface area contributed by atoms with Crippen molar-refractivity contribution in [2.45, 2.75) is 29.2 Å². The molecule has 8 rings (SSSR count). The molecule has 22 heteroatoms. The summed E-state index contributed by atoms with van der Waals surface area (Å²) in [7, 11) is -5.69. The first-order chi connectivity index (χ1) is 30.5. The number of piperazine rings is 1. The van der Waals surface area contributed by atoms with E-state index in [0.29, 0.717) is 94.4 Å². The summed E-state index contributed by atoms with van der Waals surface area (Å²) >= 11 is 2.40. The molecule has 0 radical (unpaired) electrons. The van der Waals surface area contributed by atoms with Gasteiger partial charge in [-0.2, -0.15) is 12.8 Å². The molecule has 3 aliphatic heterocycles. The standard InChI is InChI=1S/C21H23N5O4S2.C20H27N5O4S2/c27-20(26-8-10-30-11-9-26)12-17-15-31-21(24-17)25-32(28,29)19-6-2-1-5-18(19)23-14-16-4-3-7-22-13-16;1-22-7-9-24(10-8-22)25(31(27,28)18-5-3-2-4-6-18)20-21-17(16-30-20)15-19(26)23-11-13-29-14-12-23/h1-7,13,15,23H,8-12,14H2,(H,24,25);2-6,16H,7-15H2,1H3. The number of likely N-dealkylation sites (N-methyl/N-ethyl adjacent to an activating group) is 1. The van der Waals surface area contributed by atoms with Crippen LogP contribution >= 0.6 is 22.7 Å². The molecule has 2 aromatic carbocycles. The van der Waals surface area contributed by atoms with Gasteiger partial charge in [0.15, 0.2) is 5.13 Å². The van der Waals surface area contributed by atoms with Crippen molar-refractivity contribution in [3.05, 3.63) is 107 Å². The van der Waals surface area contributed by atoms with Crippen molar-refractivity contribution in [1.29, 1.82) is 0 Å². The number of anilines is 3. The highest BCUT2D eigenvalue weighted by atomic mass is 32.2. The zero-order valence-corrected chi connectivity index (χ0v) is 38.0. The van der Waals surface area contributed by atoms with Crippen molar-refractivity contribution < 1.29 is 35.9 Å². The smallest absolute Gasteiger partial charge is 0.280 e. The van der Waals surface area contributed by atoms with Crippen LogP contribution < -0.4 is 14.5 Å². The second-order valence-electron chi connectivity index (χ2n) is 14.7. The van der Waals surface area contributed by atoms with E-state index in [4.69, 9.17) is 9.47 Å². The zero-order chi connectivity index (χ0) is 44.2. The quantitative estimate of drug-likeness (QED) is 0.165. The van der Waals surface area contributed by atoms with Gasteiger partial charge in [0, 0.05) is 82.1 Å². The van der Waals surface area contributed by atoms with Crippen LogP contribution in [0.1, 0.15) is 17.0 Å². The summed E-state index contributed by atoms with van der Waals surface area (Å²) in [6.07, 6.45) is 3.68. The molecule has 336 valence electrons. The van der Waals surface area contributed by atoms with E-state index in [1.54, 1.807) is 81.5 Å². The molecule has 3 aromatic heterocycles. The molecular weight excluding hydrogens is 889 g/mol. The summed E-state index contributed by atoms with van der Waals surface area (Å²) in [6, 6.07) is 18.8. The van der Waals surface area contributed by atoms with Crippen LogP contribution in [0.25, 0.3) is 0 Å².